The molecular weight excluding hydrogens is 154 g/mol. The van der Waals surface area contributed by atoms with Crippen LogP contribution in [0.1, 0.15) is 13.8 Å². The van der Waals surface area contributed by atoms with Gasteiger partial charge in [-0.15, -0.1) is 0 Å². The van der Waals surface area contributed by atoms with Gasteiger partial charge in [0.15, 0.2) is 0 Å². The SMILES string of the molecule is CCO.CCO.c1ccncc1. The summed E-state index contributed by atoms with van der Waals surface area (Å²) in [6, 6.07) is 5.72. The van der Waals surface area contributed by atoms with Gasteiger partial charge in [-0.1, -0.05) is 6.07 Å². The van der Waals surface area contributed by atoms with E-state index in [1.54, 1.807) is 26.2 Å². The van der Waals surface area contributed by atoms with Crippen LogP contribution in [0.3, 0.4) is 0 Å². The van der Waals surface area contributed by atoms with Gasteiger partial charge in [0.05, 0.1) is 0 Å². The van der Waals surface area contributed by atoms with Gasteiger partial charge in [-0.3, -0.25) is 4.98 Å². The summed E-state index contributed by atoms with van der Waals surface area (Å²) in [5.41, 5.74) is 0. The summed E-state index contributed by atoms with van der Waals surface area (Å²) >= 11 is 0. The van der Waals surface area contributed by atoms with Crippen LogP contribution in [0.4, 0.5) is 0 Å². The quantitative estimate of drug-likeness (QED) is 0.614. The third kappa shape index (κ3) is 23.0. The normalized spacial score (nSPS) is 7.00. The molecule has 0 aliphatic rings. The monoisotopic (exact) mass is 171 g/mol. The average Bonchev–Trinajstić information content (AvgIpc) is 2.10. The maximum absolute atomic E-state index is 7.57. The Balaban J connectivity index is 0. The van der Waals surface area contributed by atoms with Crippen molar-refractivity contribution in [3.8, 4) is 0 Å². The fraction of sp³-hybridized carbons (Fsp3) is 0.444. The second-order valence-corrected chi connectivity index (χ2v) is 1.66. The van der Waals surface area contributed by atoms with Crippen LogP contribution in [0.25, 0.3) is 0 Å². The molecule has 1 rings (SSSR count). The van der Waals surface area contributed by atoms with E-state index < -0.39 is 0 Å². The van der Waals surface area contributed by atoms with Gasteiger partial charge in [0, 0.05) is 25.6 Å². The lowest BCUT2D eigenvalue weighted by Gasteiger charge is -1.70. The molecule has 0 aliphatic carbocycles. The van der Waals surface area contributed by atoms with E-state index in [4.69, 9.17) is 10.2 Å². The van der Waals surface area contributed by atoms with Crippen molar-refractivity contribution < 1.29 is 10.2 Å². The van der Waals surface area contributed by atoms with Gasteiger partial charge in [0.25, 0.3) is 0 Å². The van der Waals surface area contributed by atoms with Crippen LogP contribution in [-0.4, -0.2) is 28.4 Å². The van der Waals surface area contributed by atoms with Crippen molar-refractivity contribution in [3.63, 3.8) is 0 Å². The molecule has 0 amide bonds. The molecule has 2 N–H and O–H groups in total. The summed E-state index contributed by atoms with van der Waals surface area (Å²) < 4.78 is 0. The minimum absolute atomic E-state index is 0.250. The number of hydrogen-bond acceptors (Lipinski definition) is 3. The molecule has 1 aromatic rings. The second kappa shape index (κ2) is 16.6. The molecule has 0 unspecified atom stereocenters. The van der Waals surface area contributed by atoms with Crippen molar-refractivity contribution in [2.75, 3.05) is 13.2 Å². The third-order valence-electron chi connectivity index (χ3n) is 0.566. The van der Waals surface area contributed by atoms with Gasteiger partial charge in [0.2, 0.25) is 0 Å². The van der Waals surface area contributed by atoms with E-state index in [9.17, 15) is 0 Å². The predicted molar refractivity (Wildman–Crippen MR) is 49.8 cm³/mol. The summed E-state index contributed by atoms with van der Waals surface area (Å²) in [6.07, 6.45) is 3.50. The number of hydrogen-bond donors (Lipinski definition) is 2. The molecule has 0 saturated heterocycles. The van der Waals surface area contributed by atoms with Crippen molar-refractivity contribution in [1.82, 2.24) is 4.98 Å². The van der Waals surface area contributed by atoms with Crippen LogP contribution in [0, 0.1) is 0 Å². The molecule has 3 nitrogen and oxygen atoms in total. The molecule has 0 fully saturated rings. The molecule has 0 radical (unpaired) electrons. The highest BCUT2D eigenvalue weighted by molar-refractivity contribution is 4.88. The van der Waals surface area contributed by atoms with Crippen molar-refractivity contribution in [2.24, 2.45) is 0 Å². The molecule has 3 heteroatoms. The maximum atomic E-state index is 7.57. The summed E-state index contributed by atoms with van der Waals surface area (Å²) in [5.74, 6) is 0. The Morgan fingerprint density at radius 2 is 1.25 bits per heavy atom. The number of nitrogens with zero attached hydrogens (tertiary/aromatic N) is 1. The van der Waals surface area contributed by atoms with Gasteiger partial charge in [-0.05, 0) is 26.0 Å². The van der Waals surface area contributed by atoms with E-state index >= 15 is 0 Å². The zero-order valence-corrected chi connectivity index (χ0v) is 7.64. The number of pyridine rings is 1. The molecule has 0 saturated carbocycles. The Morgan fingerprint density at radius 1 is 0.917 bits per heavy atom. The summed E-state index contributed by atoms with van der Waals surface area (Å²) in [6.45, 7) is 3.86. The highest BCUT2D eigenvalue weighted by atomic mass is 16.3. The van der Waals surface area contributed by atoms with Crippen molar-refractivity contribution >= 4 is 0 Å². The molecular formula is C9H17NO2. The van der Waals surface area contributed by atoms with E-state index in [0.29, 0.717) is 0 Å². The summed E-state index contributed by atoms with van der Waals surface area (Å²) in [7, 11) is 0. The minimum Gasteiger partial charge on any atom is -0.397 e. The molecule has 0 aromatic carbocycles. The van der Waals surface area contributed by atoms with Gasteiger partial charge in [-0.25, -0.2) is 0 Å². The number of aliphatic hydroxyl groups excluding tert-OH is 2. The fourth-order valence-electron chi connectivity index (χ4n) is 0.313. The first-order valence-corrected chi connectivity index (χ1v) is 3.90. The van der Waals surface area contributed by atoms with Crippen LogP contribution in [0.5, 0.6) is 0 Å². The Labute approximate surface area is 73.7 Å². The molecule has 0 aliphatic heterocycles. The Kier molecular flexibility index (Phi) is 18.8. The Bertz CT molecular complexity index is 104. The van der Waals surface area contributed by atoms with Gasteiger partial charge in [-0.2, -0.15) is 0 Å². The fourth-order valence-corrected chi connectivity index (χ4v) is 0.313. The zero-order valence-electron chi connectivity index (χ0n) is 7.64. The van der Waals surface area contributed by atoms with Crippen LogP contribution in [-0.2, 0) is 0 Å². The van der Waals surface area contributed by atoms with E-state index in [1.165, 1.54) is 0 Å². The van der Waals surface area contributed by atoms with Crippen molar-refractivity contribution in [3.05, 3.63) is 30.6 Å². The van der Waals surface area contributed by atoms with Crippen LogP contribution >= 0.6 is 0 Å². The van der Waals surface area contributed by atoms with E-state index in [1.807, 2.05) is 18.2 Å². The first-order valence-electron chi connectivity index (χ1n) is 3.90. The first-order chi connectivity index (χ1) is 5.83. The predicted octanol–water partition coefficient (Wildman–Crippen LogP) is 1.08. The standard InChI is InChI=1S/C5H5N.2C2H6O/c1-2-4-6-5-3-1;2*1-2-3/h1-5H;2*3H,2H2,1H3. The molecule has 70 valence electrons. The largest absolute Gasteiger partial charge is 0.397 e. The zero-order chi connectivity index (χ0) is 9.66. The first kappa shape index (κ1) is 13.6. The van der Waals surface area contributed by atoms with E-state index in [0.717, 1.165) is 0 Å². The van der Waals surface area contributed by atoms with Crippen LogP contribution < -0.4 is 0 Å². The smallest absolute Gasteiger partial charge is 0.0402 e. The maximum Gasteiger partial charge on any atom is 0.0402 e. The van der Waals surface area contributed by atoms with E-state index in [2.05, 4.69) is 4.98 Å². The molecule has 0 spiro atoms. The van der Waals surface area contributed by atoms with Crippen molar-refractivity contribution in [1.29, 1.82) is 0 Å². The Morgan fingerprint density at radius 3 is 1.33 bits per heavy atom. The minimum atomic E-state index is 0.250. The lowest BCUT2D eigenvalue weighted by Crippen LogP contribution is -1.58. The highest BCUT2D eigenvalue weighted by Crippen LogP contribution is 1.73. The highest BCUT2D eigenvalue weighted by Gasteiger charge is 1.58. The van der Waals surface area contributed by atoms with Gasteiger partial charge < -0.3 is 10.2 Å². The molecule has 0 bridgehead atoms. The van der Waals surface area contributed by atoms with Crippen LogP contribution in [0.15, 0.2) is 30.6 Å². The van der Waals surface area contributed by atoms with Crippen LogP contribution in [0.2, 0.25) is 0 Å². The average molecular weight is 171 g/mol. The number of aromatic nitrogens is 1. The van der Waals surface area contributed by atoms with Gasteiger partial charge in [0.1, 0.15) is 0 Å². The van der Waals surface area contributed by atoms with Gasteiger partial charge >= 0.3 is 0 Å². The van der Waals surface area contributed by atoms with Crippen molar-refractivity contribution in [2.45, 2.75) is 13.8 Å². The second-order valence-electron chi connectivity index (χ2n) is 1.66. The topological polar surface area (TPSA) is 53.4 Å². The molecule has 1 heterocycles. The molecule has 0 atom stereocenters. The molecule has 12 heavy (non-hydrogen) atoms. The summed E-state index contributed by atoms with van der Waals surface area (Å²) in [5, 5.41) is 15.1. The lowest BCUT2D eigenvalue weighted by molar-refractivity contribution is 0.318. The Hall–Kier alpha value is -0.930. The number of rotatable bonds is 0. The lowest BCUT2D eigenvalue weighted by atomic mass is 10.5. The third-order valence-corrected chi connectivity index (χ3v) is 0.566. The van der Waals surface area contributed by atoms with E-state index in [-0.39, 0.29) is 13.2 Å². The summed E-state index contributed by atoms with van der Waals surface area (Å²) in [4.78, 5) is 3.78. The number of aliphatic hydroxyl groups is 2. The molecule has 1 aromatic heterocycles.